The van der Waals surface area contributed by atoms with Gasteiger partial charge in [-0.05, 0) is 62.6 Å². The highest BCUT2D eigenvalue weighted by molar-refractivity contribution is 7.12. The summed E-state index contributed by atoms with van der Waals surface area (Å²) < 4.78 is 52.1. The summed E-state index contributed by atoms with van der Waals surface area (Å²) in [7, 11) is 0. The van der Waals surface area contributed by atoms with Gasteiger partial charge in [0.1, 0.15) is 22.8 Å². The molecule has 1 aliphatic heterocycles. The fourth-order valence-electron chi connectivity index (χ4n) is 3.68. The average molecular weight is 476 g/mol. The second kappa shape index (κ2) is 8.74. The number of fused-ring (bicyclic) bond motifs is 1. The third-order valence-electron chi connectivity index (χ3n) is 5.07. The number of ether oxygens (including phenoxy) is 2. The summed E-state index contributed by atoms with van der Waals surface area (Å²) >= 11 is 0.696. The van der Waals surface area contributed by atoms with Crippen LogP contribution in [0.2, 0.25) is 0 Å². The topological polar surface area (TPSA) is 38.8 Å². The minimum absolute atomic E-state index is 0.0230. The molecule has 0 unspecified atom stereocenters. The molecule has 0 atom stereocenters. The highest BCUT2D eigenvalue weighted by Gasteiger charge is 2.36. The van der Waals surface area contributed by atoms with E-state index in [1.54, 1.807) is 53.4 Å². The van der Waals surface area contributed by atoms with Crippen LogP contribution >= 0.6 is 11.3 Å². The van der Waals surface area contributed by atoms with E-state index >= 15 is 0 Å². The van der Waals surface area contributed by atoms with Gasteiger partial charge in [-0.2, -0.15) is 13.2 Å². The molecule has 0 spiro atoms. The quantitative estimate of drug-likeness (QED) is 0.397. The molecule has 4 rings (SSSR count). The fraction of sp³-hybridized carbons (Fsp3) is 0.320. The summed E-state index contributed by atoms with van der Waals surface area (Å²) in [5, 5.41) is 0. The Kier molecular flexibility index (Phi) is 6.14. The summed E-state index contributed by atoms with van der Waals surface area (Å²) in [6, 6.07) is 15.4. The van der Waals surface area contributed by atoms with Crippen molar-refractivity contribution in [2.75, 3.05) is 11.4 Å². The maximum Gasteiger partial charge on any atom is 0.426 e. The van der Waals surface area contributed by atoms with Crippen LogP contribution in [0, 0.1) is 0 Å². The molecule has 0 bridgehead atoms. The van der Waals surface area contributed by atoms with Crippen LogP contribution < -0.4 is 9.64 Å². The van der Waals surface area contributed by atoms with E-state index < -0.39 is 22.7 Å². The summed E-state index contributed by atoms with van der Waals surface area (Å²) in [5.74, 6) is 0.544. The molecule has 3 aromatic rings. The van der Waals surface area contributed by atoms with Crippen LogP contribution in [0.1, 0.15) is 36.1 Å². The zero-order valence-corrected chi connectivity index (χ0v) is 19.3. The molecule has 0 radical (unpaired) electrons. The molecule has 4 nitrogen and oxygen atoms in total. The van der Waals surface area contributed by atoms with Gasteiger partial charge in [0.2, 0.25) is 0 Å². The molecule has 8 heteroatoms. The standard InChI is InChI=1S/C25H24F3NO3S/c1-24(2,3)32-23(30)29-12-11-17-13-18(9-10-21(17)29)31-15-19-14-20(16-7-5-4-6-8-16)22(33-19)25(26,27)28/h4-10,13-14H,11-12,15H2,1-3H3. The molecule has 1 amide bonds. The summed E-state index contributed by atoms with van der Waals surface area (Å²) in [6.45, 7) is 5.98. The average Bonchev–Trinajstić information content (AvgIpc) is 3.36. The van der Waals surface area contributed by atoms with Gasteiger partial charge in [-0.25, -0.2) is 4.79 Å². The Balaban J connectivity index is 1.50. The third kappa shape index (κ3) is 5.33. The second-order valence-corrected chi connectivity index (χ2v) is 9.92. The van der Waals surface area contributed by atoms with E-state index in [1.165, 1.54) is 0 Å². The van der Waals surface area contributed by atoms with E-state index in [0.717, 1.165) is 11.3 Å². The number of carbonyl (C=O) groups is 1. The van der Waals surface area contributed by atoms with Crippen LogP contribution in [0.4, 0.5) is 23.7 Å². The van der Waals surface area contributed by atoms with Gasteiger partial charge in [-0.3, -0.25) is 4.90 Å². The summed E-state index contributed by atoms with van der Waals surface area (Å²) in [6.07, 6.45) is -4.19. The van der Waals surface area contributed by atoms with E-state index in [-0.39, 0.29) is 12.2 Å². The Bertz CT molecular complexity index is 1150. The first-order valence-corrected chi connectivity index (χ1v) is 11.3. The zero-order chi connectivity index (χ0) is 23.8. The number of carbonyl (C=O) groups excluding carboxylic acids is 1. The van der Waals surface area contributed by atoms with Crippen molar-refractivity contribution in [1.29, 1.82) is 0 Å². The van der Waals surface area contributed by atoms with E-state index in [0.29, 0.717) is 40.5 Å². The first kappa shape index (κ1) is 23.2. The number of rotatable bonds is 4. The lowest BCUT2D eigenvalue weighted by Crippen LogP contribution is -2.35. The van der Waals surface area contributed by atoms with Crippen LogP contribution in [0.25, 0.3) is 11.1 Å². The molecular formula is C25H24F3NO3S. The number of anilines is 1. The van der Waals surface area contributed by atoms with Crippen molar-refractivity contribution in [3.8, 4) is 16.9 Å². The van der Waals surface area contributed by atoms with Gasteiger partial charge in [0.05, 0.1) is 5.69 Å². The number of hydrogen-bond acceptors (Lipinski definition) is 4. The van der Waals surface area contributed by atoms with Gasteiger partial charge in [0, 0.05) is 17.0 Å². The monoisotopic (exact) mass is 475 g/mol. The summed E-state index contributed by atoms with van der Waals surface area (Å²) in [5.41, 5.74) is 1.79. The largest absolute Gasteiger partial charge is 0.488 e. The van der Waals surface area contributed by atoms with Gasteiger partial charge >= 0.3 is 12.3 Å². The van der Waals surface area contributed by atoms with Crippen LogP contribution in [0.5, 0.6) is 5.75 Å². The van der Waals surface area contributed by atoms with E-state index in [4.69, 9.17) is 9.47 Å². The Morgan fingerprint density at radius 2 is 1.79 bits per heavy atom. The van der Waals surface area contributed by atoms with Crippen LogP contribution in [0.15, 0.2) is 54.6 Å². The SMILES string of the molecule is CC(C)(C)OC(=O)N1CCc2cc(OCc3cc(-c4ccccc4)c(C(F)(F)F)s3)ccc21. The maximum absolute atomic E-state index is 13.6. The number of thiophene rings is 1. The summed E-state index contributed by atoms with van der Waals surface area (Å²) in [4.78, 5) is 13.9. The number of nitrogens with zero attached hydrogens (tertiary/aromatic N) is 1. The Morgan fingerprint density at radius 1 is 1.06 bits per heavy atom. The molecule has 1 aliphatic rings. The lowest BCUT2D eigenvalue weighted by atomic mass is 10.1. The van der Waals surface area contributed by atoms with Crippen molar-refractivity contribution in [3.05, 3.63) is 69.9 Å². The van der Waals surface area contributed by atoms with Gasteiger partial charge in [0.25, 0.3) is 0 Å². The molecule has 0 aliphatic carbocycles. The van der Waals surface area contributed by atoms with Crippen molar-refractivity contribution < 1.29 is 27.4 Å². The molecule has 174 valence electrons. The predicted octanol–water partition coefficient (Wildman–Crippen LogP) is 7.31. The third-order valence-corrected chi connectivity index (χ3v) is 6.22. The Hall–Kier alpha value is -3.00. The lowest BCUT2D eigenvalue weighted by Gasteiger charge is -2.24. The van der Waals surface area contributed by atoms with Crippen molar-refractivity contribution in [2.45, 2.75) is 45.6 Å². The number of amides is 1. The molecule has 0 fully saturated rings. The van der Waals surface area contributed by atoms with Crippen molar-refractivity contribution in [3.63, 3.8) is 0 Å². The van der Waals surface area contributed by atoms with Crippen LogP contribution in [0.3, 0.4) is 0 Å². The highest BCUT2D eigenvalue weighted by Crippen LogP contribution is 2.43. The van der Waals surface area contributed by atoms with Crippen molar-refractivity contribution in [1.82, 2.24) is 0 Å². The molecule has 0 saturated carbocycles. The van der Waals surface area contributed by atoms with Crippen molar-refractivity contribution in [2.24, 2.45) is 0 Å². The van der Waals surface area contributed by atoms with Gasteiger partial charge in [-0.15, -0.1) is 11.3 Å². The van der Waals surface area contributed by atoms with E-state index in [1.807, 2.05) is 26.8 Å². The maximum atomic E-state index is 13.6. The second-order valence-electron chi connectivity index (χ2n) is 8.78. The first-order chi connectivity index (χ1) is 15.5. The first-order valence-electron chi connectivity index (χ1n) is 10.5. The number of alkyl halides is 3. The molecule has 2 heterocycles. The van der Waals surface area contributed by atoms with E-state index in [2.05, 4.69) is 0 Å². The normalized spacial score (nSPS) is 13.7. The highest BCUT2D eigenvalue weighted by atomic mass is 32.1. The molecular weight excluding hydrogens is 451 g/mol. The molecule has 0 N–H and O–H groups in total. The lowest BCUT2D eigenvalue weighted by molar-refractivity contribution is -0.133. The molecule has 33 heavy (non-hydrogen) atoms. The predicted molar refractivity (Wildman–Crippen MR) is 123 cm³/mol. The van der Waals surface area contributed by atoms with Gasteiger partial charge < -0.3 is 9.47 Å². The smallest absolute Gasteiger partial charge is 0.426 e. The minimum atomic E-state index is -4.44. The molecule has 2 aromatic carbocycles. The van der Waals surface area contributed by atoms with Crippen LogP contribution in [-0.2, 0) is 23.9 Å². The molecule has 0 saturated heterocycles. The van der Waals surface area contributed by atoms with Crippen molar-refractivity contribution >= 4 is 23.1 Å². The zero-order valence-electron chi connectivity index (χ0n) is 18.5. The number of hydrogen-bond donors (Lipinski definition) is 0. The van der Waals surface area contributed by atoms with E-state index in [9.17, 15) is 18.0 Å². The number of benzene rings is 2. The fourth-order valence-corrected chi connectivity index (χ4v) is 4.64. The molecule has 1 aromatic heterocycles. The van der Waals surface area contributed by atoms with Crippen LogP contribution in [-0.4, -0.2) is 18.2 Å². The Morgan fingerprint density at radius 3 is 2.45 bits per heavy atom. The van der Waals surface area contributed by atoms with Gasteiger partial charge in [-0.1, -0.05) is 30.3 Å². The minimum Gasteiger partial charge on any atom is -0.488 e. The number of halogens is 3. The Labute approximate surface area is 194 Å². The van der Waals surface area contributed by atoms with Gasteiger partial charge in [0.15, 0.2) is 0 Å².